The van der Waals surface area contributed by atoms with Crippen molar-refractivity contribution in [2.24, 2.45) is 0 Å². The first kappa shape index (κ1) is 18.2. The number of nitrogens with zero attached hydrogens (tertiary/aromatic N) is 1. The lowest BCUT2D eigenvalue weighted by molar-refractivity contribution is -0.274. The van der Waals surface area contributed by atoms with E-state index in [1.54, 1.807) is 25.1 Å². The Morgan fingerprint density at radius 2 is 1.84 bits per heavy atom. The molecule has 1 heterocycles. The molecule has 0 saturated heterocycles. The minimum absolute atomic E-state index is 0.00409. The second-order valence-electron chi connectivity index (χ2n) is 4.98. The highest BCUT2D eigenvalue weighted by Crippen LogP contribution is 2.24. The lowest BCUT2D eigenvalue weighted by Gasteiger charge is -2.10. The molecule has 0 aliphatic rings. The number of carbonyl (C=O) groups is 2. The Hall–Kier alpha value is -3.10. The van der Waals surface area contributed by atoms with Crippen molar-refractivity contribution in [3.63, 3.8) is 0 Å². The van der Waals surface area contributed by atoms with Crippen LogP contribution in [0.4, 0.5) is 18.9 Å². The van der Waals surface area contributed by atoms with E-state index in [0.29, 0.717) is 5.69 Å². The Morgan fingerprint density at radius 3 is 2.52 bits per heavy atom. The van der Waals surface area contributed by atoms with Gasteiger partial charge in [0.1, 0.15) is 5.75 Å². The molecule has 6 nitrogen and oxygen atoms in total. The number of amides is 2. The van der Waals surface area contributed by atoms with Crippen LogP contribution >= 0.6 is 0 Å². The fraction of sp³-hybridized carbons (Fsp3) is 0.188. The third kappa shape index (κ3) is 6.13. The van der Waals surface area contributed by atoms with Crippen LogP contribution in [0, 0.1) is 6.92 Å². The van der Waals surface area contributed by atoms with Gasteiger partial charge >= 0.3 is 18.2 Å². The topological polar surface area (TPSA) is 80.3 Å². The number of alkyl halides is 3. The SMILES string of the molecule is Cc1cccc(CNC(=O)C(=O)Nc2cccc(OC(F)(F)F)c2)n1. The zero-order valence-electron chi connectivity index (χ0n) is 13.1. The van der Waals surface area contributed by atoms with Gasteiger partial charge in [-0.3, -0.25) is 14.6 Å². The summed E-state index contributed by atoms with van der Waals surface area (Å²) in [5.41, 5.74) is 1.33. The lowest BCUT2D eigenvalue weighted by atomic mass is 10.3. The van der Waals surface area contributed by atoms with Gasteiger partial charge in [0.15, 0.2) is 0 Å². The number of benzene rings is 1. The van der Waals surface area contributed by atoms with Crippen LogP contribution in [0.1, 0.15) is 11.4 Å². The van der Waals surface area contributed by atoms with Gasteiger partial charge in [-0.2, -0.15) is 0 Å². The number of aromatic nitrogens is 1. The van der Waals surface area contributed by atoms with Crippen LogP contribution in [0.25, 0.3) is 0 Å². The smallest absolute Gasteiger partial charge is 0.406 e. The molecule has 0 radical (unpaired) electrons. The van der Waals surface area contributed by atoms with E-state index in [4.69, 9.17) is 0 Å². The number of aryl methyl sites for hydroxylation is 1. The minimum Gasteiger partial charge on any atom is -0.406 e. The number of halogens is 3. The summed E-state index contributed by atoms with van der Waals surface area (Å²) < 4.78 is 40.3. The molecular formula is C16H14F3N3O3. The summed E-state index contributed by atoms with van der Waals surface area (Å²) in [5.74, 6) is -2.46. The van der Waals surface area contributed by atoms with Crippen molar-refractivity contribution in [1.29, 1.82) is 0 Å². The number of ether oxygens (including phenoxy) is 1. The van der Waals surface area contributed by atoms with E-state index in [-0.39, 0.29) is 12.2 Å². The average Bonchev–Trinajstić information content (AvgIpc) is 2.51. The maximum atomic E-state index is 12.2. The number of nitrogens with one attached hydrogen (secondary N) is 2. The average molecular weight is 353 g/mol. The number of pyridine rings is 1. The highest BCUT2D eigenvalue weighted by atomic mass is 19.4. The summed E-state index contributed by atoms with van der Waals surface area (Å²) in [6.45, 7) is 1.83. The van der Waals surface area contributed by atoms with Crippen LogP contribution in [0.3, 0.4) is 0 Å². The Labute approximate surface area is 141 Å². The molecule has 132 valence electrons. The summed E-state index contributed by atoms with van der Waals surface area (Å²) >= 11 is 0. The predicted octanol–water partition coefficient (Wildman–Crippen LogP) is 2.54. The fourth-order valence-electron chi connectivity index (χ4n) is 1.91. The van der Waals surface area contributed by atoms with Crippen LogP contribution in [-0.2, 0) is 16.1 Å². The maximum Gasteiger partial charge on any atom is 0.573 e. The van der Waals surface area contributed by atoms with Crippen molar-refractivity contribution in [1.82, 2.24) is 10.3 Å². The third-order valence-corrected chi connectivity index (χ3v) is 2.91. The number of anilines is 1. The number of hydrogen-bond donors (Lipinski definition) is 2. The number of rotatable bonds is 4. The van der Waals surface area contributed by atoms with Gasteiger partial charge in [-0.15, -0.1) is 13.2 Å². The molecule has 0 spiro atoms. The Balaban J connectivity index is 1.92. The minimum atomic E-state index is -4.85. The maximum absolute atomic E-state index is 12.2. The van der Waals surface area contributed by atoms with Gasteiger partial charge in [0.25, 0.3) is 0 Å². The molecule has 0 fully saturated rings. The van der Waals surface area contributed by atoms with Crippen LogP contribution in [0.15, 0.2) is 42.5 Å². The van der Waals surface area contributed by atoms with Crippen molar-refractivity contribution >= 4 is 17.5 Å². The molecule has 0 saturated carbocycles. The monoisotopic (exact) mass is 353 g/mol. The predicted molar refractivity (Wildman–Crippen MR) is 82.6 cm³/mol. The third-order valence-electron chi connectivity index (χ3n) is 2.91. The number of carbonyl (C=O) groups excluding carboxylic acids is 2. The van der Waals surface area contributed by atoms with E-state index >= 15 is 0 Å². The van der Waals surface area contributed by atoms with Gasteiger partial charge in [0.05, 0.1) is 12.2 Å². The zero-order chi connectivity index (χ0) is 18.4. The van der Waals surface area contributed by atoms with Crippen LogP contribution < -0.4 is 15.4 Å². The summed E-state index contributed by atoms with van der Waals surface area (Å²) in [6, 6.07) is 9.85. The van der Waals surface area contributed by atoms with Crippen LogP contribution in [0.2, 0.25) is 0 Å². The largest absolute Gasteiger partial charge is 0.573 e. The van der Waals surface area contributed by atoms with Crippen molar-refractivity contribution in [3.8, 4) is 5.75 Å². The van der Waals surface area contributed by atoms with E-state index in [9.17, 15) is 22.8 Å². The van der Waals surface area contributed by atoms with Gasteiger partial charge in [-0.25, -0.2) is 0 Å². The molecule has 0 atom stereocenters. The molecule has 2 amide bonds. The van der Waals surface area contributed by atoms with Crippen molar-refractivity contribution < 1.29 is 27.5 Å². The van der Waals surface area contributed by atoms with E-state index in [0.717, 1.165) is 17.8 Å². The Morgan fingerprint density at radius 1 is 1.12 bits per heavy atom. The van der Waals surface area contributed by atoms with Crippen molar-refractivity contribution in [2.75, 3.05) is 5.32 Å². The molecule has 0 aliphatic carbocycles. The van der Waals surface area contributed by atoms with Crippen molar-refractivity contribution in [3.05, 3.63) is 53.9 Å². The van der Waals surface area contributed by atoms with E-state index in [1.807, 2.05) is 0 Å². The highest BCUT2D eigenvalue weighted by molar-refractivity contribution is 6.39. The molecule has 0 unspecified atom stereocenters. The summed E-state index contributed by atoms with van der Waals surface area (Å²) in [5, 5.41) is 4.57. The van der Waals surface area contributed by atoms with E-state index < -0.39 is 23.9 Å². The van der Waals surface area contributed by atoms with Gasteiger partial charge in [0.2, 0.25) is 0 Å². The standard InChI is InChI=1S/C16H14F3N3O3/c1-10-4-2-6-12(21-10)9-20-14(23)15(24)22-11-5-3-7-13(8-11)25-16(17,18)19/h2-8H,9H2,1H3,(H,20,23)(H,22,24). The Bertz CT molecular complexity index is 778. The molecule has 1 aromatic heterocycles. The summed E-state index contributed by atoms with van der Waals surface area (Å²) in [4.78, 5) is 27.7. The van der Waals surface area contributed by atoms with Crippen LogP contribution in [0.5, 0.6) is 5.75 Å². The lowest BCUT2D eigenvalue weighted by Crippen LogP contribution is -2.35. The second-order valence-corrected chi connectivity index (χ2v) is 4.98. The molecule has 2 rings (SSSR count). The first-order valence-corrected chi connectivity index (χ1v) is 7.10. The summed E-state index contributed by atoms with van der Waals surface area (Å²) in [6.07, 6.45) is -4.85. The van der Waals surface area contributed by atoms with Gasteiger partial charge in [-0.05, 0) is 31.2 Å². The quantitative estimate of drug-likeness (QED) is 0.828. The Kier molecular flexibility index (Phi) is 5.58. The molecule has 2 N–H and O–H groups in total. The van der Waals surface area contributed by atoms with Gasteiger partial charge in [-0.1, -0.05) is 12.1 Å². The van der Waals surface area contributed by atoms with Crippen molar-refractivity contribution in [2.45, 2.75) is 19.8 Å². The summed E-state index contributed by atoms with van der Waals surface area (Å²) in [7, 11) is 0. The van der Waals surface area contributed by atoms with E-state index in [1.165, 1.54) is 12.1 Å². The second kappa shape index (κ2) is 7.65. The van der Waals surface area contributed by atoms with Crippen LogP contribution in [-0.4, -0.2) is 23.2 Å². The highest BCUT2D eigenvalue weighted by Gasteiger charge is 2.31. The zero-order valence-corrected chi connectivity index (χ0v) is 13.1. The molecular weight excluding hydrogens is 339 g/mol. The molecule has 0 bridgehead atoms. The fourth-order valence-corrected chi connectivity index (χ4v) is 1.91. The van der Waals surface area contributed by atoms with Gasteiger partial charge in [0, 0.05) is 17.4 Å². The van der Waals surface area contributed by atoms with Gasteiger partial charge < -0.3 is 15.4 Å². The molecule has 25 heavy (non-hydrogen) atoms. The molecule has 0 aliphatic heterocycles. The molecule has 9 heteroatoms. The first-order valence-electron chi connectivity index (χ1n) is 7.10. The van der Waals surface area contributed by atoms with E-state index in [2.05, 4.69) is 20.4 Å². The molecule has 1 aromatic carbocycles. The normalized spacial score (nSPS) is 10.9. The first-order chi connectivity index (χ1) is 11.7. The molecule has 2 aromatic rings. The number of hydrogen-bond acceptors (Lipinski definition) is 4.